The number of ether oxygens (including phenoxy) is 1. The normalized spacial score (nSPS) is 14.3. The van der Waals surface area contributed by atoms with Crippen LogP contribution in [0.4, 0.5) is 5.13 Å². The third kappa shape index (κ3) is 3.56. The number of hydrogen-bond acceptors (Lipinski definition) is 7. The lowest BCUT2D eigenvalue weighted by Crippen LogP contribution is -2.42. The van der Waals surface area contributed by atoms with Crippen molar-refractivity contribution in [1.82, 2.24) is 15.8 Å². The molecule has 8 nitrogen and oxygen atoms in total. The number of benzene rings is 1. The van der Waals surface area contributed by atoms with Gasteiger partial charge in [0.2, 0.25) is 0 Å². The summed E-state index contributed by atoms with van der Waals surface area (Å²) in [7, 11) is 0. The highest BCUT2D eigenvalue weighted by atomic mass is 35.5. The molecule has 0 saturated carbocycles. The molecule has 1 fully saturated rings. The van der Waals surface area contributed by atoms with Crippen molar-refractivity contribution >= 4 is 50.9 Å². The number of aromatic nitrogens is 1. The van der Waals surface area contributed by atoms with Gasteiger partial charge in [-0.2, -0.15) is 0 Å². The van der Waals surface area contributed by atoms with Crippen LogP contribution in [-0.2, 0) is 4.74 Å². The fourth-order valence-electron chi connectivity index (χ4n) is 2.93. The van der Waals surface area contributed by atoms with Crippen molar-refractivity contribution in [3.8, 4) is 0 Å². The van der Waals surface area contributed by atoms with Gasteiger partial charge in [0.25, 0.3) is 5.91 Å². The van der Waals surface area contributed by atoms with E-state index >= 15 is 0 Å². The molecule has 0 unspecified atom stereocenters. The van der Waals surface area contributed by atoms with E-state index in [1.807, 2.05) is 6.07 Å². The SMILES string of the molecule is Cc1c(C(=O)NNC(=O)c2csc(N3CCOCC3)n2)oc2c(Cl)cccc12. The van der Waals surface area contributed by atoms with Gasteiger partial charge in [-0.25, -0.2) is 4.98 Å². The number of hydrogen-bond donors (Lipinski definition) is 2. The van der Waals surface area contributed by atoms with Gasteiger partial charge in [0.15, 0.2) is 16.5 Å². The zero-order chi connectivity index (χ0) is 19.7. The first kappa shape index (κ1) is 18.7. The number of halogens is 1. The summed E-state index contributed by atoms with van der Waals surface area (Å²) in [6, 6.07) is 5.29. The zero-order valence-corrected chi connectivity index (χ0v) is 16.5. The van der Waals surface area contributed by atoms with Crippen molar-refractivity contribution in [3.63, 3.8) is 0 Å². The van der Waals surface area contributed by atoms with Crippen molar-refractivity contribution in [2.24, 2.45) is 0 Å². The van der Waals surface area contributed by atoms with Crippen LogP contribution in [-0.4, -0.2) is 43.1 Å². The van der Waals surface area contributed by atoms with Crippen molar-refractivity contribution in [1.29, 1.82) is 0 Å². The Labute approximate surface area is 169 Å². The lowest BCUT2D eigenvalue weighted by Gasteiger charge is -2.25. The second-order valence-electron chi connectivity index (χ2n) is 6.20. The highest BCUT2D eigenvalue weighted by molar-refractivity contribution is 7.13. The Bertz CT molecular complexity index is 1040. The Balaban J connectivity index is 1.42. The summed E-state index contributed by atoms with van der Waals surface area (Å²) in [5.74, 6) is -0.978. The van der Waals surface area contributed by atoms with Crippen molar-refractivity contribution in [3.05, 3.63) is 45.6 Å². The minimum Gasteiger partial charge on any atom is -0.449 e. The third-order valence-corrected chi connectivity index (χ3v) is 5.62. The number of nitrogens with one attached hydrogen (secondary N) is 2. The maximum Gasteiger partial charge on any atom is 0.305 e. The average molecular weight is 421 g/mol. The average Bonchev–Trinajstić information content (AvgIpc) is 3.33. The number of para-hydroxylation sites is 1. The van der Waals surface area contributed by atoms with Crippen LogP contribution in [0.2, 0.25) is 5.02 Å². The molecular weight excluding hydrogens is 404 g/mol. The van der Waals surface area contributed by atoms with Gasteiger partial charge in [-0.3, -0.25) is 20.4 Å². The fourth-order valence-corrected chi connectivity index (χ4v) is 4.00. The van der Waals surface area contributed by atoms with Crippen LogP contribution < -0.4 is 15.8 Å². The molecule has 0 spiro atoms. The predicted octanol–water partition coefficient (Wildman–Crippen LogP) is 2.76. The largest absolute Gasteiger partial charge is 0.449 e. The van der Waals surface area contributed by atoms with Crippen LogP contribution in [0.15, 0.2) is 28.0 Å². The van der Waals surface area contributed by atoms with Crippen LogP contribution in [0.25, 0.3) is 11.0 Å². The van der Waals surface area contributed by atoms with Gasteiger partial charge < -0.3 is 14.1 Å². The highest BCUT2D eigenvalue weighted by Crippen LogP contribution is 2.30. The third-order valence-electron chi connectivity index (χ3n) is 4.42. The number of carbonyl (C=O) groups excluding carboxylic acids is 2. The molecule has 0 radical (unpaired) electrons. The van der Waals surface area contributed by atoms with E-state index < -0.39 is 11.8 Å². The van der Waals surface area contributed by atoms with E-state index in [1.54, 1.807) is 24.4 Å². The summed E-state index contributed by atoms with van der Waals surface area (Å²) < 4.78 is 10.9. The Hall–Kier alpha value is -2.62. The number of rotatable bonds is 3. The molecule has 1 aliphatic rings. The standard InChI is InChI=1S/C18H17ClN4O4S/c1-10-11-3-2-4-12(19)15(11)27-14(10)17(25)22-21-16(24)13-9-28-18(20-13)23-5-7-26-8-6-23/h2-4,9H,5-8H2,1H3,(H,21,24)(H,22,25). The lowest BCUT2D eigenvalue weighted by molar-refractivity contribution is 0.0829. The number of carbonyl (C=O) groups is 2. The first-order chi connectivity index (χ1) is 13.5. The van der Waals surface area contributed by atoms with E-state index in [2.05, 4.69) is 20.7 Å². The summed E-state index contributed by atoms with van der Waals surface area (Å²) in [6.07, 6.45) is 0. The Morgan fingerprint density at radius 2 is 1.96 bits per heavy atom. The minimum atomic E-state index is -0.568. The fraction of sp³-hybridized carbons (Fsp3) is 0.278. The number of furan rings is 1. The molecule has 1 saturated heterocycles. The topological polar surface area (TPSA) is 96.7 Å². The van der Waals surface area contributed by atoms with E-state index in [-0.39, 0.29) is 11.5 Å². The van der Waals surface area contributed by atoms with Crippen LogP contribution in [0.1, 0.15) is 26.6 Å². The molecule has 1 aliphatic heterocycles. The molecule has 2 amide bonds. The molecule has 0 aliphatic carbocycles. The summed E-state index contributed by atoms with van der Waals surface area (Å²) in [5, 5.41) is 3.57. The number of hydrazine groups is 1. The number of thiazole rings is 1. The summed E-state index contributed by atoms with van der Waals surface area (Å²) in [6.45, 7) is 4.50. The molecule has 146 valence electrons. The van der Waals surface area contributed by atoms with Gasteiger partial charge >= 0.3 is 5.91 Å². The Kier molecular flexibility index (Phi) is 5.21. The van der Waals surface area contributed by atoms with E-state index in [0.29, 0.717) is 29.4 Å². The minimum absolute atomic E-state index is 0.0932. The maximum absolute atomic E-state index is 12.4. The van der Waals surface area contributed by atoms with Crippen LogP contribution >= 0.6 is 22.9 Å². The predicted molar refractivity (Wildman–Crippen MR) is 106 cm³/mol. The van der Waals surface area contributed by atoms with Gasteiger partial charge in [-0.05, 0) is 13.0 Å². The van der Waals surface area contributed by atoms with Crippen molar-refractivity contribution in [2.75, 3.05) is 31.2 Å². The molecular formula is C18H17ClN4O4S. The maximum atomic E-state index is 12.4. The van der Waals surface area contributed by atoms with Crippen LogP contribution in [0.3, 0.4) is 0 Å². The Morgan fingerprint density at radius 1 is 1.21 bits per heavy atom. The van der Waals surface area contributed by atoms with Crippen molar-refractivity contribution < 1.29 is 18.7 Å². The summed E-state index contributed by atoms with van der Waals surface area (Å²) in [5.41, 5.74) is 6.05. The summed E-state index contributed by atoms with van der Waals surface area (Å²) >= 11 is 7.48. The second kappa shape index (κ2) is 7.78. The summed E-state index contributed by atoms with van der Waals surface area (Å²) in [4.78, 5) is 31.1. The number of nitrogens with zero attached hydrogens (tertiary/aromatic N) is 2. The van der Waals surface area contributed by atoms with Gasteiger partial charge in [0, 0.05) is 29.4 Å². The highest BCUT2D eigenvalue weighted by Gasteiger charge is 2.21. The molecule has 2 N–H and O–H groups in total. The first-order valence-electron chi connectivity index (χ1n) is 8.61. The van der Waals surface area contributed by atoms with E-state index in [0.717, 1.165) is 23.6 Å². The van der Waals surface area contributed by atoms with Crippen molar-refractivity contribution in [2.45, 2.75) is 6.92 Å². The van der Waals surface area contributed by atoms with Gasteiger partial charge in [0.1, 0.15) is 5.69 Å². The second-order valence-corrected chi connectivity index (χ2v) is 7.44. The monoisotopic (exact) mass is 420 g/mol. The lowest BCUT2D eigenvalue weighted by atomic mass is 10.1. The van der Waals surface area contributed by atoms with Gasteiger partial charge in [0.05, 0.1) is 18.2 Å². The van der Waals surface area contributed by atoms with E-state index in [1.165, 1.54) is 11.3 Å². The first-order valence-corrected chi connectivity index (χ1v) is 9.87. The molecule has 0 atom stereocenters. The molecule has 0 bridgehead atoms. The number of amides is 2. The molecule has 3 heterocycles. The van der Waals surface area contributed by atoms with E-state index in [9.17, 15) is 9.59 Å². The number of aryl methyl sites for hydroxylation is 1. The molecule has 4 rings (SSSR count). The number of fused-ring (bicyclic) bond motifs is 1. The molecule has 28 heavy (non-hydrogen) atoms. The zero-order valence-electron chi connectivity index (χ0n) is 15.0. The quantitative estimate of drug-likeness (QED) is 0.632. The molecule has 1 aromatic carbocycles. The number of morpholine rings is 1. The molecule has 2 aromatic heterocycles. The van der Waals surface area contributed by atoms with E-state index in [4.69, 9.17) is 20.8 Å². The molecule has 10 heteroatoms. The molecule has 3 aromatic rings. The van der Waals surface area contributed by atoms with Gasteiger partial charge in [-0.1, -0.05) is 23.7 Å². The van der Waals surface area contributed by atoms with Crippen LogP contribution in [0, 0.1) is 6.92 Å². The van der Waals surface area contributed by atoms with Crippen LogP contribution in [0.5, 0.6) is 0 Å². The Morgan fingerprint density at radius 3 is 2.71 bits per heavy atom. The van der Waals surface area contributed by atoms with Gasteiger partial charge in [-0.15, -0.1) is 11.3 Å². The smallest absolute Gasteiger partial charge is 0.305 e. The number of anilines is 1.